The topological polar surface area (TPSA) is 62.5 Å². The highest BCUT2D eigenvalue weighted by molar-refractivity contribution is 5.95. The lowest BCUT2D eigenvalue weighted by molar-refractivity contribution is -0.423. The number of para-hydroxylation sites is 3. The average Bonchev–Trinajstić information content (AvgIpc) is 3.95. The molecule has 0 saturated heterocycles. The Hall–Kier alpha value is -7.91. The molecule has 0 amide bonds. The van der Waals surface area contributed by atoms with Crippen LogP contribution in [-0.2, 0) is 21.1 Å². The SMILES string of the molecule is C=[N+]1C=CC=C[C-]1C.C=[N+]1C=Cc2ccccc2[C-]1C.C=[N+]1c2ccccc2C=C[C-]1C.Cc1nc2cc3ccccc3cc2n1C.Cc1nc2ccccc2n1C.Cc1nccn1C. The molecule has 0 aliphatic carbocycles. The van der Waals surface area contributed by atoms with Gasteiger partial charge in [-0.3, -0.25) is 13.7 Å². The molecule has 3 aromatic heterocycles. The van der Waals surface area contributed by atoms with Crippen molar-refractivity contribution < 1.29 is 13.7 Å². The minimum absolute atomic E-state index is 1.06. The van der Waals surface area contributed by atoms with Gasteiger partial charge in [-0.2, -0.15) is 0 Å². The van der Waals surface area contributed by atoms with Crippen LogP contribution in [0.5, 0.6) is 0 Å². The largest absolute Gasteiger partial charge is 0.338 e. The van der Waals surface area contributed by atoms with E-state index in [9.17, 15) is 0 Å². The fourth-order valence-corrected chi connectivity index (χ4v) is 7.04. The van der Waals surface area contributed by atoms with Gasteiger partial charge < -0.3 is 13.7 Å². The van der Waals surface area contributed by atoms with Gasteiger partial charge in [0, 0.05) is 33.5 Å². The summed E-state index contributed by atoms with van der Waals surface area (Å²) in [7, 11) is 6.06. The van der Waals surface area contributed by atoms with Gasteiger partial charge in [-0.15, -0.1) is 18.2 Å². The molecule has 0 N–H and O–H groups in total. The molecule has 0 bridgehead atoms. The number of benzene rings is 5. The number of rotatable bonds is 0. The van der Waals surface area contributed by atoms with Crippen LogP contribution in [-0.4, -0.2) is 62.5 Å². The molecule has 5 aromatic carbocycles. The first-order chi connectivity index (χ1) is 31.2. The third-order valence-corrected chi connectivity index (χ3v) is 11.6. The summed E-state index contributed by atoms with van der Waals surface area (Å²) < 4.78 is 11.9. The first-order valence-corrected chi connectivity index (χ1v) is 21.6. The van der Waals surface area contributed by atoms with Crippen molar-refractivity contribution in [2.75, 3.05) is 0 Å². The van der Waals surface area contributed by atoms with Crippen LogP contribution in [0.1, 0.15) is 54.9 Å². The molecule has 0 fully saturated rings. The van der Waals surface area contributed by atoms with Gasteiger partial charge in [-0.05, 0) is 88.2 Å². The molecule has 8 aromatic rings. The minimum atomic E-state index is 1.06. The van der Waals surface area contributed by atoms with Gasteiger partial charge in [0.05, 0.1) is 60.5 Å². The molecule has 0 saturated carbocycles. The van der Waals surface area contributed by atoms with Gasteiger partial charge in [0.2, 0.25) is 0 Å². The lowest BCUT2D eigenvalue weighted by Gasteiger charge is -2.20. The normalized spacial score (nSPS) is 13.1. The van der Waals surface area contributed by atoms with E-state index in [2.05, 4.69) is 162 Å². The molecule has 0 unspecified atom stereocenters. The number of fused-ring (bicyclic) bond motifs is 5. The highest BCUT2D eigenvalue weighted by Gasteiger charge is 2.14. The zero-order chi connectivity index (χ0) is 46.6. The van der Waals surface area contributed by atoms with Crippen molar-refractivity contribution in [3.63, 3.8) is 0 Å². The first kappa shape index (κ1) is 46.6. The maximum atomic E-state index is 4.53. The highest BCUT2D eigenvalue weighted by Crippen LogP contribution is 2.29. The van der Waals surface area contributed by atoms with Gasteiger partial charge >= 0.3 is 0 Å². The molecule has 0 atom stereocenters. The molecule has 11 rings (SSSR count). The molecule has 9 heteroatoms. The smallest absolute Gasteiger partial charge is 0.130 e. The molecule has 330 valence electrons. The molecular weight excluding hydrogens is 799 g/mol. The molecule has 9 nitrogen and oxygen atoms in total. The molecule has 0 spiro atoms. The van der Waals surface area contributed by atoms with E-state index in [1.165, 1.54) is 62.3 Å². The molecule has 3 aliphatic heterocycles. The molecule has 3 aliphatic rings. The van der Waals surface area contributed by atoms with Crippen molar-refractivity contribution in [1.82, 2.24) is 28.7 Å². The zero-order valence-electron chi connectivity index (χ0n) is 39.3. The second kappa shape index (κ2) is 21.4. The second-order valence-corrected chi connectivity index (χ2v) is 15.9. The van der Waals surface area contributed by atoms with Crippen LogP contribution in [0.15, 0.2) is 158 Å². The summed E-state index contributed by atoms with van der Waals surface area (Å²) in [6.07, 6.45) is 19.9. The number of hydrogen-bond donors (Lipinski definition) is 0. The average molecular weight is 860 g/mol. The number of hydrogen-bond acceptors (Lipinski definition) is 3. The Kier molecular flexibility index (Phi) is 15.4. The van der Waals surface area contributed by atoms with E-state index in [1.807, 2.05) is 127 Å². The van der Waals surface area contributed by atoms with E-state index in [-0.39, 0.29) is 0 Å². The number of nitrogens with zero attached hydrogens (tertiary/aromatic N) is 9. The van der Waals surface area contributed by atoms with Gasteiger partial charge in [0.1, 0.15) is 35.4 Å². The Bertz CT molecular complexity index is 3060. The maximum absolute atomic E-state index is 4.53. The third-order valence-electron chi connectivity index (χ3n) is 11.6. The standard InChI is InChI=1S/C13H12N2.2C11H11N.C9H10N2.C7H9N.C5H8N2/c1-9-14-12-7-10-5-3-4-6-11(10)8-13(12)15(9)2;1-9-11-6-4-3-5-10(11)7-8-12(9)2;1-9-7-8-10-5-3-4-6-11(10)12(9)2;1-7-10-8-5-3-4-6-9(8)11(7)2;1-7-5-3-4-6-8(7)2;1-5-6-3-4-7(5)2/h3-8H,1-2H3;2*3-8H,2H2,1H3;3-6H,1-2H3;3-6H,2H2,1H3;3-4H,1-2H3. The van der Waals surface area contributed by atoms with E-state index < -0.39 is 0 Å². The molecule has 65 heavy (non-hydrogen) atoms. The zero-order valence-corrected chi connectivity index (χ0v) is 39.3. The van der Waals surface area contributed by atoms with Crippen LogP contribution in [0, 0.1) is 38.9 Å². The summed E-state index contributed by atoms with van der Waals surface area (Å²) in [4.78, 5) is 12.9. The lowest BCUT2D eigenvalue weighted by Crippen LogP contribution is -2.13. The van der Waals surface area contributed by atoms with Crippen LogP contribution < -0.4 is 0 Å². The van der Waals surface area contributed by atoms with Crippen LogP contribution in [0.2, 0.25) is 0 Å². The van der Waals surface area contributed by atoms with Crippen molar-refractivity contribution in [3.8, 4) is 0 Å². The van der Waals surface area contributed by atoms with E-state index in [1.54, 1.807) is 6.20 Å². The van der Waals surface area contributed by atoms with Crippen molar-refractivity contribution in [2.24, 2.45) is 21.1 Å². The lowest BCUT2D eigenvalue weighted by atomic mass is 9.99. The van der Waals surface area contributed by atoms with Crippen LogP contribution in [0.25, 0.3) is 45.0 Å². The fourth-order valence-electron chi connectivity index (χ4n) is 7.04. The number of allylic oxidation sites excluding steroid dienone is 2. The monoisotopic (exact) mass is 860 g/mol. The first-order valence-electron chi connectivity index (χ1n) is 21.6. The third kappa shape index (κ3) is 11.6. The summed E-state index contributed by atoms with van der Waals surface area (Å²) in [6.45, 7) is 23.8. The molecule has 0 radical (unpaired) electrons. The van der Waals surface area contributed by atoms with E-state index in [4.69, 9.17) is 0 Å². The van der Waals surface area contributed by atoms with Crippen LogP contribution in [0.4, 0.5) is 5.69 Å². The van der Waals surface area contributed by atoms with Crippen molar-refractivity contribution in [2.45, 2.75) is 41.5 Å². The summed E-state index contributed by atoms with van der Waals surface area (Å²) >= 11 is 0. The number of aryl methyl sites for hydroxylation is 6. The Morgan fingerprint density at radius 1 is 0.554 bits per heavy atom. The molecule has 6 heterocycles. The highest BCUT2D eigenvalue weighted by atomic mass is 15.1. The Morgan fingerprint density at radius 2 is 1.17 bits per heavy atom. The van der Waals surface area contributed by atoms with Crippen molar-refractivity contribution in [3.05, 3.63) is 211 Å². The summed E-state index contributed by atoms with van der Waals surface area (Å²) in [6, 6.07) is 41.0. The van der Waals surface area contributed by atoms with Gasteiger partial charge in [-0.1, -0.05) is 108 Å². The van der Waals surface area contributed by atoms with E-state index >= 15 is 0 Å². The van der Waals surface area contributed by atoms with E-state index in [0.29, 0.717) is 0 Å². The van der Waals surface area contributed by atoms with E-state index in [0.717, 1.165) is 28.5 Å². The van der Waals surface area contributed by atoms with Gasteiger partial charge in [0.25, 0.3) is 0 Å². The quantitative estimate of drug-likeness (QED) is 0.113. The minimum Gasteiger partial charge on any atom is -0.338 e. The maximum Gasteiger partial charge on any atom is 0.130 e. The van der Waals surface area contributed by atoms with Crippen molar-refractivity contribution in [1.29, 1.82) is 0 Å². The number of imidazole rings is 3. The fraction of sp³-hybridized carbons (Fsp3) is 0.161. The van der Waals surface area contributed by atoms with Crippen molar-refractivity contribution >= 4 is 70.8 Å². The van der Waals surface area contributed by atoms with Crippen LogP contribution >= 0.6 is 0 Å². The predicted molar refractivity (Wildman–Crippen MR) is 273 cm³/mol. The van der Waals surface area contributed by atoms with Gasteiger partial charge in [-0.25, -0.2) is 15.0 Å². The summed E-state index contributed by atoms with van der Waals surface area (Å²) in [5, 5.41) is 2.52. The Balaban J connectivity index is 0.000000131. The number of aromatic nitrogens is 6. The van der Waals surface area contributed by atoms with Gasteiger partial charge in [0.15, 0.2) is 0 Å². The second-order valence-electron chi connectivity index (χ2n) is 15.9. The summed E-state index contributed by atoms with van der Waals surface area (Å²) in [5.41, 5.74) is 9.51. The Morgan fingerprint density at radius 3 is 1.80 bits per heavy atom. The predicted octanol–water partition coefficient (Wildman–Crippen LogP) is 11.9. The summed E-state index contributed by atoms with van der Waals surface area (Å²) in [5.74, 6) is 3.17. The Labute approximate surface area is 385 Å². The molecular formula is C56H61N9. The van der Waals surface area contributed by atoms with Crippen LogP contribution in [0.3, 0.4) is 0 Å².